The van der Waals surface area contributed by atoms with E-state index in [1.54, 1.807) is 5.56 Å². The van der Waals surface area contributed by atoms with Gasteiger partial charge < -0.3 is 4.90 Å². The third-order valence-electron chi connectivity index (χ3n) is 6.38. The molecule has 0 radical (unpaired) electrons. The number of hydrogen-bond acceptors (Lipinski definition) is 2. The fraction of sp³-hybridized carbons (Fsp3) is 0.360. The Labute approximate surface area is 181 Å². The maximum absolute atomic E-state index is 3.65. The summed E-state index contributed by atoms with van der Waals surface area (Å²) in [5.74, 6) is 1.29. The van der Waals surface area contributed by atoms with Gasteiger partial charge in [-0.2, -0.15) is 0 Å². The molecule has 1 nitrogen and oxygen atoms in total. The molecule has 28 heavy (non-hydrogen) atoms. The normalized spacial score (nSPS) is 28.4. The average Bonchev–Trinajstić information content (AvgIpc) is 3.06. The molecule has 1 heterocycles. The summed E-state index contributed by atoms with van der Waals surface area (Å²) in [6.07, 6.45) is 11.9. The van der Waals surface area contributed by atoms with Gasteiger partial charge in [0.1, 0.15) is 0 Å². The highest BCUT2D eigenvalue weighted by Crippen LogP contribution is 2.53. The number of hydrogen-bond donors (Lipinski definition) is 0. The van der Waals surface area contributed by atoms with Crippen LogP contribution in [0.15, 0.2) is 81.8 Å². The SMILES string of the molecule is CC1C=CC=C(N(c2ccccc2)C2CCC3Sc4cc(Br)ccc4C3C2)C1. The fourth-order valence-electron chi connectivity index (χ4n) is 5.10. The van der Waals surface area contributed by atoms with Crippen molar-refractivity contribution in [2.75, 3.05) is 4.90 Å². The predicted molar refractivity (Wildman–Crippen MR) is 124 cm³/mol. The molecule has 3 heteroatoms. The number of thioether (sulfide) groups is 1. The molecule has 0 bridgehead atoms. The Morgan fingerprint density at radius 3 is 2.75 bits per heavy atom. The maximum Gasteiger partial charge on any atom is 0.0410 e. The number of rotatable bonds is 3. The van der Waals surface area contributed by atoms with Gasteiger partial charge in [0, 0.05) is 32.0 Å². The number of anilines is 1. The minimum absolute atomic E-state index is 0.573. The third-order valence-corrected chi connectivity index (χ3v) is 8.35. The lowest BCUT2D eigenvalue weighted by Crippen LogP contribution is -2.40. The van der Waals surface area contributed by atoms with Gasteiger partial charge in [-0.3, -0.25) is 0 Å². The molecular formula is C25H26BrNS. The minimum atomic E-state index is 0.573. The molecule has 4 unspecified atom stereocenters. The maximum atomic E-state index is 3.65. The first-order chi connectivity index (χ1) is 13.7. The number of nitrogens with zero attached hydrogens (tertiary/aromatic N) is 1. The summed E-state index contributed by atoms with van der Waals surface area (Å²) >= 11 is 5.76. The van der Waals surface area contributed by atoms with Crippen molar-refractivity contribution in [3.63, 3.8) is 0 Å². The Hall–Kier alpha value is -1.45. The van der Waals surface area contributed by atoms with Crippen molar-refractivity contribution in [2.45, 2.75) is 54.7 Å². The van der Waals surface area contributed by atoms with Crippen molar-refractivity contribution in [3.05, 3.63) is 82.5 Å². The quantitative estimate of drug-likeness (QED) is 0.473. The van der Waals surface area contributed by atoms with E-state index in [0.29, 0.717) is 17.9 Å². The van der Waals surface area contributed by atoms with E-state index < -0.39 is 0 Å². The molecule has 0 saturated heterocycles. The average molecular weight is 452 g/mol. The van der Waals surface area contributed by atoms with E-state index in [1.807, 2.05) is 0 Å². The van der Waals surface area contributed by atoms with Crippen LogP contribution < -0.4 is 4.90 Å². The van der Waals surface area contributed by atoms with Crippen molar-refractivity contribution < 1.29 is 0 Å². The molecule has 2 aliphatic carbocycles. The predicted octanol–water partition coefficient (Wildman–Crippen LogP) is 7.55. The van der Waals surface area contributed by atoms with Crippen LogP contribution in [0.2, 0.25) is 0 Å². The molecule has 1 aliphatic heterocycles. The Balaban J connectivity index is 1.47. The highest BCUT2D eigenvalue weighted by Gasteiger charge is 2.40. The van der Waals surface area contributed by atoms with Gasteiger partial charge in [-0.25, -0.2) is 0 Å². The molecule has 1 fully saturated rings. The third kappa shape index (κ3) is 3.48. The van der Waals surface area contributed by atoms with Crippen LogP contribution in [0, 0.1) is 5.92 Å². The second-order valence-corrected chi connectivity index (χ2v) is 10.5. The fourth-order valence-corrected chi connectivity index (χ4v) is 7.17. The number of halogens is 1. The lowest BCUT2D eigenvalue weighted by molar-refractivity contribution is 0.393. The zero-order chi connectivity index (χ0) is 19.1. The van der Waals surface area contributed by atoms with Crippen LogP contribution in [0.4, 0.5) is 5.69 Å². The lowest BCUT2D eigenvalue weighted by Gasteiger charge is -2.42. The van der Waals surface area contributed by atoms with Crippen LogP contribution in [0.3, 0.4) is 0 Å². The summed E-state index contributed by atoms with van der Waals surface area (Å²) in [5, 5.41) is 0.748. The summed E-state index contributed by atoms with van der Waals surface area (Å²) < 4.78 is 1.20. The molecule has 4 atom stereocenters. The van der Waals surface area contributed by atoms with Gasteiger partial charge in [-0.1, -0.05) is 59.3 Å². The van der Waals surface area contributed by atoms with Crippen LogP contribution >= 0.6 is 27.7 Å². The standard InChI is InChI=1S/C25H26BrNS/c1-17-6-5-9-20(14-17)27(19-7-3-2-4-8-19)21-11-13-24-23(16-21)22-12-10-18(26)15-25(22)28-24/h2-10,12,15,17,21,23-24H,11,13-14,16H2,1H3. The van der Waals surface area contributed by atoms with Crippen LogP contribution in [-0.2, 0) is 0 Å². The van der Waals surface area contributed by atoms with Crippen LogP contribution in [0.1, 0.15) is 44.1 Å². The van der Waals surface area contributed by atoms with Crippen molar-refractivity contribution in [2.24, 2.45) is 5.92 Å². The lowest BCUT2D eigenvalue weighted by atomic mass is 9.80. The number of para-hydroxylation sites is 1. The van der Waals surface area contributed by atoms with E-state index in [1.165, 1.54) is 40.0 Å². The van der Waals surface area contributed by atoms with Gasteiger partial charge >= 0.3 is 0 Å². The number of benzene rings is 2. The summed E-state index contributed by atoms with van der Waals surface area (Å²) in [6.45, 7) is 2.32. The Bertz CT molecular complexity index is 919. The van der Waals surface area contributed by atoms with E-state index in [9.17, 15) is 0 Å². The highest BCUT2D eigenvalue weighted by molar-refractivity contribution is 9.10. The second kappa shape index (κ2) is 7.76. The zero-order valence-corrected chi connectivity index (χ0v) is 18.6. The van der Waals surface area contributed by atoms with Gasteiger partial charge in [0.05, 0.1) is 0 Å². The summed E-state index contributed by atoms with van der Waals surface area (Å²) in [4.78, 5) is 4.15. The van der Waals surface area contributed by atoms with Crippen molar-refractivity contribution in [3.8, 4) is 0 Å². The van der Waals surface area contributed by atoms with Crippen LogP contribution in [-0.4, -0.2) is 11.3 Å². The molecule has 0 amide bonds. The minimum Gasteiger partial charge on any atom is -0.342 e. The molecule has 1 saturated carbocycles. The Kier molecular flexibility index (Phi) is 5.15. The zero-order valence-electron chi connectivity index (χ0n) is 16.2. The molecule has 0 N–H and O–H groups in total. The van der Waals surface area contributed by atoms with E-state index >= 15 is 0 Å². The molecule has 144 valence electrons. The van der Waals surface area contributed by atoms with Gasteiger partial charge in [-0.15, -0.1) is 11.8 Å². The topological polar surface area (TPSA) is 3.24 Å². The van der Waals surface area contributed by atoms with Gasteiger partial charge in [0.25, 0.3) is 0 Å². The molecular weight excluding hydrogens is 426 g/mol. The summed E-state index contributed by atoms with van der Waals surface area (Å²) in [7, 11) is 0. The first-order valence-electron chi connectivity index (χ1n) is 10.4. The summed E-state index contributed by atoms with van der Waals surface area (Å²) in [5.41, 5.74) is 4.40. The van der Waals surface area contributed by atoms with Crippen LogP contribution in [0.5, 0.6) is 0 Å². The monoisotopic (exact) mass is 451 g/mol. The largest absolute Gasteiger partial charge is 0.342 e. The van der Waals surface area contributed by atoms with E-state index in [4.69, 9.17) is 0 Å². The van der Waals surface area contributed by atoms with Crippen LogP contribution in [0.25, 0.3) is 0 Å². The van der Waals surface area contributed by atoms with Crippen molar-refractivity contribution in [1.29, 1.82) is 0 Å². The van der Waals surface area contributed by atoms with E-state index in [2.05, 4.69) is 106 Å². The highest BCUT2D eigenvalue weighted by atomic mass is 79.9. The molecule has 0 spiro atoms. The molecule has 2 aromatic carbocycles. The first kappa shape index (κ1) is 18.6. The Morgan fingerprint density at radius 1 is 1.07 bits per heavy atom. The summed E-state index contributed by atoms with van der Waals surface area (Å²) in [6, 6.07) is 18.5. The number of allylic oxidation sites excluding steroid dienone is 4. The molecule has 2 aromatic rings. The van der Waals surface area contributed by atoms with E-state index in [-0.39, 0.29) is 0 Å². The van der Waals surface area contributed by atoms with Crippen molar-refractivity contribution >= 4 is 33.4 Å². The van der Waals surface area contributed by atoms with Crippen molar-refractivity contribution in [1.82, 2.24) is 0 Å². The number of fused-ring (bicyclic) bond motifs is 3. The molecule has 3 aliphatic rings. The second-order valence-electron chi connectivity index (χ2n) is 8.34. The molecule has 5 rings (SSSR count). The first-order valence-corrected chi connectivity index (χ1v) is 12.0. The van der Waals surface area contributed by atoms with Gasteiger partial charge in [0.15, 0.2) is 0 Å². The van der Waals surface area contributed by atoms with Gasteiger partial charge in [0.2, 0.25) is 0 Å². The van der Waals surface area contributed by atoms with E-state index in [0.717, 1.165) is 11.7 Å². The Morgan fingerprint density at radius 2 is 1.93 bits per heavy atom. The molecule has 0 aromatic heterocycles. The van der Waals surface area contributed by atoms with Gasteiger partial charge in [-0.05, 0) is 73.4 Å². The smallest absolute Gasteiger partial charge is 0.0410 e.